The van der Waals surface area contributed by atoms with Crippen molar-refractivity contribution in [2.75, 3.05) is 18.8 Å². The molecule has 0 aromatic heterocycles. The topological polar surface area (TPSA) is 110 Å². The van der Waals surface area contributed by atoms with Gasteiger partial charge < -0.3 is 15.6 Å². The van der Waals surface area contributed by atoms with Crippen molar-refractivity contribution in [2.45, 2.75) is 64.0 Å². The van der Waals surface area contributed by atoms with Crippen molar-refractivity contribution >= 4 is 21.7 Å². The van der Waals surface area contributed by atoms with Crippen LogP contribution in [0.15, 0.2) is 59.5 Å². The van der Waals surface area contributed by atoms with Crippen LogP contribution in [0.2, 0.25) is 0 Å². The number of esters is 1. The molecule has 2 rings (SSSR count). The van der Waals surface area contributed by atoms with Gasteiger partial charge in [-0.25, -0.2) is 8.42 Å². The average Bonchev–Trinajstić information content (AvgIpc) is 2.80. The first-order valence-electron chi connectivity index (χ1n) is 13.9. The Kier molecular flexibility index (Phi) is 6.90. The minimum absolute atomic E-state index is 0.109. The smallest absolute Gasteiger partial charge is 0.306 e. The van der Waals surface area contributed by atoms with Crippen LogP contribution in [0.3, 0.4) is 0 Å². The van der Waals surface area contributed by atoms with Gasteiger partial charge in [-0.15, -0.1) is 0 Å². The van der Waals surface area contributed by atoms with Crippen LogP contribution in [0.4, 0.5) is 5.69 Å². The van der Waals surface area contributed by atoms with Gasteiger partial charge in [0.15, 0.2) is 0 Å². The van der Waals surface area contributed by atoms with Crippen LogP contribution in [0, 0.1) is 11.8 Å². The Morgan fingerprint density at radius 3 is 2.38 bits per heavy atom. The molecule has 1 unspecified atom stereocenters. The molecule has 3 N–H and O–H groups in total. The van der Waals surface area contributed by atoms with Crippen LogP contribution < -0.4 is 5.73 Å². The van der Waals surface area contributed by atoms with Gasteiger partial charge in [0.25, 0.3) is 0 Å². The molecule has 0 aliphatic rings. The molecule has 7 nitrogen and oxygen atoms in total. The predicted octanol–water partition coefficient (Wildman–Crippen LogP) is 3.87. The van der Waals surface area contributed by atoms with E-state index in [1.54, 1.807) is 51.1 Å². The van der Waals surface area contributed by atoms with E-state index in [0.29, 0.717) is 0 Å². The summed E-state index contributed by atoms with van der Waals surface area (Å²) in [4.78, 5) is 12.3. The molecule has 8 heteroatoms. The minimum atomic E-state index is -4.82. The summed E-state index contributed by atoms with van der Waals surface area (Å²) in [5.41, 5.74) is 5.80. The molecule has 0 bridgehead atoms. The summed E-state index contributed by atoms with van der Waals surface area (Å²) >= 11 is 0. The Balaban J connectivity index is 2.59. The summed E-state index contributed by atoms with van der Waals surface area (Å²) in [5.74, 6) is -4.54. The third kappa shape index (κ3) is 8.74. The lowest BCUT2D eigenvalue weighted by atomic mass is 9.90. The summed E-state index contributed by atoms with van der Waals surface area (Å²) in [6, 6.07) is 13.6. The van der Waals surface area contributed by atoms with Gasteiger partial charge in [-0.2, -0.15) is 4.31 Å². The van der Waals surface area contributed by atoms with Gasteiger partial charge in [0.05, 0.1) is 17.4 Å². The average molecular weight is 497 g/mol. The van der Waals surface area contributed by atoms with E-state index in [1.165, 1.54) is 12.1 Å². The second-order valence-electron chi connectivity index (χ2n) is 9.15. The normalized spacial score (nSPS) is 19.4. The highest BCUT2D eigenvalue weighted by Crippen LogP contribution is 2.24. The summed E-state index contributed by atoms with van der Waals surface area (Å²) < 4.78 is 82.1. The molecule has 0 saturated carbocycles. The van der Waals surface area contributed by atoms with Crippen LogP contribution >= 0.6 is 0 Å². The van der Waals surface area contributed by atoms with E-state index in [-0.39, 0.29) is 22.8 Å². The van der Waals surface area contributed by atoms with Crippen LogP contribution in [0.25, 0.3) is 0 Å². The van der Waals surface area contributed by atoms with Gasteiger partial charge in [-0.1, -0.05) is 44.1 Å². The number of nitrogens with two attached hydrogens (primary N) is 1. The van der Waals surface area contributed by atoms with Crippen LogP contribution in [0.1, 0.15) is 54.8 Å². The molecule has 2 aromatic rings. The van der Waals surface area contributed by atoms with Crippen molar-refractivity contribution in [1.82, 2.24) is 4.31 Å². The number of carbonyl (C=O) groups is 1. The molecule has 2 aromatic carbocycles. The highest BCUT2D eigenvalue weighted by molar-refractivity contribution is 7.89. The van der Waals surface area contributed by atoms with Gasteiger partial charge in [0.2, 0.25) is 10.0 Å². The molecular weight excluding hydrogens is 452 g/mol. The Labute approximate surface area is 212 Å². The second-order valence-corrected chi connectivity index (χ2v) is 11.0. The predicted molar refractivity (Wildman–Crippen MR) is 135 cm³/mol. The molecule has 0 aliphatic carbocycles. The molecule has 0 heterocycles. The maximum atomic E-state index is 13.8. The fourth-order valence-corrected chi connectivity index (χ4v) is 4.68. The number of carbonyl (C=O) groups excluding carboxylic acids is 1. The van der Waals surface area contributed by atoms with Crippen LogP contribution in [-0.2, 0) is 26.0 Å². The van der Waals surface area contributed by atoms with Gasteiger partial charge in [-0.3, -0.25) is 4.79 Å². The minimum Gasteiger partial charge on any atom is -0.460 e. The summed E-state index contributed by atoms with van der Waals surface area (Å²) in [6.45, 7) is -1.71. The van der Waals surface area contributed by atoms with E-state index in [1.807, 2.05) is 0 Å². The molecule has 0 radical (unpaired) electrons. The first-order chi connectivity index (χ1) is 18.1. The summed E-state index contributed by atoms with van der Waals surface area (Å²) in [7, 11) is -4.82. The van der Waals surface area contributed by atoms with E-state index >= 15 is 0 Å². The number of sulfonamides is 1. The van der Waals surface area contributed by atoms with Crippen LogP contribution in [0.5, 0.6) is 0 Å². The number of nitrogens with zero attached hydrogens (tertiary/aromatic N) is 1. The SMILES string of the molecule is [2H]C([2H])([2H])C([2H])(C)C([2H])([2H])N(C[C@@H](O)[C@@H](CC(=O)OC(C)(C)C)Cc1ccccc1)S(=O)(=O)c1ccc(N)cc1. The van der Waals surface area contributed by atoms with Gasteiger partial charge in [0.1, 0.15) is 5.60 Å². The number of aliphatic hydroxyl groups is 1. The zero-order chi connectivity index (χ0) is 30.7. The molecule has 0 amide bonds. The molecule has 0 fully saturated rings. The van der Waals surface area contributed by atoms with Gasteiger partial charge >= 0.3 is 5.97 Å². The molecule has 0 saturated heterocycles. The Hall–Kier alpha value is -2.42. The van der Waals surface area contributed by atoms with Gasteiger partial charge in [0, 0.05) is 32.9 Å². The number of anilines is 1. The van der Waals surface area contributed by atoms with Crippen molar-refractivity contribution < 1.29 is 31.3 Å². The zero-order valence-electron chi connectivity index (χ0n) is 26.0. The van der Waals surface area contributed by atoms with E-state index in [2.05, 4.69) is 0 Å². The van der Waals surface area contributed by atoms with Crippen molar-refractivity contribution in [1.29, 1.82) is 0 Å². The fourth-order valence-electron chi connectivity index (χ4n) is 3.34. The maximum absolute atomic E-state index is 13.8. The Morgan fingerprint density at radius 2 is 1.82 bits per heavy atom. The molecule has 34 heavy (non-hydrogen) atoms. The van der Waals surface area contributed by atoms with E-state index in [4.69, 9.17) is 18.7 Å². The van der Waals surface area contributed by atoms with E-state index in [9.17, 15) is 18.3 Å². The quantitative estimate of drug-likeness (QED) is 0.361. The number of ether oxygens (including phenoxy) is 1. The third-order valence-electron chi connectivity index (χ3n) is 4.85. The number of aliphatic hydroxyl groups excluding tert-OH is 1. The fraction of sp³-hybridized carbons (Fsp3) is 0.500. The number of benzene rings is 2. The number of hydrogen-bond donors (Lipinski definition) is 2. The molecule has 0 aliphatic heterocycles. The van der Waals surface area contributed by atoms with E-state index < -0.39 is 64.3 Å². The van der Waals surface area contributed by atoms with Crippen molar-refractivity contribution in [2.24, 2.45) is 11.8 Å². The lowest BCUT2D eigenvalue weighted by Gasteiger charge is -2.30. The maximum Gasteiger partial charge on any atom is 0.306 e. The molecule has 0 spiro atoms. The summed E-state index contributed by atoms with van der Waals surface area (Å²) in [6.07, 6.45) is -1.88. The van der Waals surface area contributed by atoms with E-state index in [0.717, 1.165) is 24.6 Å². The number of nitrogen functional groups attached to an aromatic ring is 1. The highest BCUT2D eigenvalue weighted by atomic mass is 32.2. The Bertz CT molecular complexity index is 1250. The Morgan fingerprint density at radius 1 is 1.21 bits per heavy atom. The number of rotatable bonds is 11. The molecule has 3 atom stereocenters. The largest absolute Gasteiger partial charge is 0.460 e. The molecule has 188 valence electrons. The van der Waals surface area contributed by atoms with Crippen LogP contribution in [-0.4, -0.2) is 48.5 Å². The first kappa shape index (κ1) is 19.8. The second kappa shape index (κ2) is 11.8. The summed E-state index contributed by atoms with van der Waals surface area (Å²) in [5, 5.41) is 11.4. The van der Waals surface area contributed by atoms with Gasteiger partial charge in [-0.05, 0) is 62.9 Å². The lowest BCUT2D eigenvalue weighted by Crippen LogP contribution is -2.43. The van der Waals surface area contributed by atoms with Crippen molar-refractivity contribution in [3.05, 3.63) is 60.2 Å². The lowest BCUT2D eigenvalue weighted by molar-refractivity contribution is -0.157. The standard InChI is InChI=1S/C26H38N2O5S/c1-19(2)17-28(34(31,32)23-13-11-22(27)12-14-23)18-24(29)21(15-20-9-7-6-8-10-20)16-25(30)33-26(3,4)5/h6-14,19,21,24,29H,15-18,27H2,1-5H3/t21-,24-/m1/s1/i1D3,17D2,19D/t19?,21-,24-. The third-order valence-corrected chi connectivity index (χ3v) is 6.54. The molecular formula is C26H38N2O5S. The first-order valence-corrected chi connectivity index (χ1v) is 12.4. The monoisotopic (exact) mass is 496 g/mol. The van der Waals surface area contributed by atoms with Crippen molar-refractivity contribution in [3.8, 4) is 0 Å². The number of hydrogen-bond acceptors (Lipinski definition) is 6. The zero-order valence-corrected chi connectivity index (χ0v) is 20.8. The van der Waals surface area contributed by atoms with Crippen molar-refractivity contribution in [3.63, 3.8) is 0 Å². The highest BCUT2D eigenvalue weighted by Gasteiger charge is 2.32.